The average Bonchev–Trinajstić information content (AvgIpc) is 2.04. The van der Waals surface area contributed by atoms with E-state index < -0.39 is 0 Å². The molecule has 0 bridgehead atoms. The molecule has 1 aromatic rings. The maximum Gasteiger partial charge on any atom is 0.0273 e. The third-order valence-corrected chi connectivity index (χ3v) is 1.63. The Morgan fingerprint density at radius 3 is 2.45 bits per heavy atom. The summed E-state index contributed by atoms with van der Waals surface area (Å²) in [6.07, 6.45) is 2.86. The maximum atomic E-state index is 3.93. The summed E-state index contributed by atoms with van der Waals surface area (Å²) in [7, 11) is 1.80. The first-order valence-corrected chi connectivity index (χ1v) is 3.79. The molecule has 0 saturated carbocycles. The molecule has 0 atom stereocenters. The van der Waals surface area contributed by atoms with E-state index in [9.17, 15) is 0 Å². The summed E-state index contributed by atoms with van der Waals surface area (Å²) >= 11 is 0. The summed E-state index contributed by atoms with van der Waals surface area (Å²) in [6.45, 7) is 2.09. The fourth-order valence-electron chi connectivity index (χ4n) is 0.921. The molecule has 1 rings (SSSR count). The maximum absolute atomic E-state index is 3.93. The number of aryl methyl sites for hydroxylation is 1. The zero-order valence-electron chi connectivity index (χ0n) is 7.04. The third kappa shape index (κ3) is 2.54. The van der Waals surface area contributed by atoms with Gasteiger partial charge in [-0.1, -0.05) is 29.8 Å². The molecule has 0 aliphatic carbocycles. The van der Waals surface area contributed by atoms with Gasteiger partial charge in [-0.15, -0.1) is 0 Å². The standard InChI is InChI=1S/C10H13N/c1-9-3-5-10(6-4-9)7-8-11-2/h3-6,8H,7H2,1-2H3. The van der Waals surface area contributed by atoms with E-state index in [1.54, 1.807) is 7.05 Å². The molecule has 0 heterocycles. The summed E-state index contributed by atoms with van der Waals surface area (Å²) in [5, 5.41) is 0. The van der Waals surface area contributed by atoms with Crippen molar-refractivity contribution < 1.29 is 0 Å². The number of rotatable bonds is 2. The van der Waals surface area contributed by atoms with Crippen molar-refractivity contribution in [2.24, 2.45) is 4.99 Å². The highest BCUT2D eigenvalue weighted by Gasteiger charge is 1.87. The van der Waals surface area contributed by atoms with Crippen LogP contribution < -0.4 is 0 Å². The third-order valence-electron chi connectivity index (χ3n) is 1.63. The number of hydrogen-bond donors (Lipinski definition) is 0. The molecule has 1 heteroatoms. The van der Waals surface area contributed by atoms with Gasteiger partial charge in [-0.3, -0.25) is 0 Å². The Labute approximate surface area is 67.8 Å². The van der Waals surface area contributed by atoms with Crippen LogP contribution in [0.2, 0.25) is 0 Å². The van der Waals surface area contributed by atoms with E-state index in [-0.39, 0.29) is 0 Å². The van der Waals surface area contributed by atoms with E-state index in [2.05, 4.69) is 36.2 Å². The fraction of sp³-hybridized carbons (Fsp3) is 0.300. The Balaban J connectivity index is 2.66. The minimum atomic E-state index is 0.941. The first kappa shape index (κ1) is 7.99. The van der Waals surface area contributed by atoms with Crippen molar-refractivity contribution in [2.45, 2.75) is 13.3 Å². The molecule has 11 heavy (non-hydrogen) atoms. The molecule has 0 unspecified atom stereocenters. The van der Waals surface area contributed by atoms with Crippen molar-refractivity contribution in [3.8, 4) is 0 Å². The molecule has 0 saturated heterocycles. The molecule has 0 aliphatic heterocycles. The predicted molar refractivity (Wildman–Crippen MR) is 49.3 cm³/mol. The van der Waals surface area contributed by atoms with Gasteiger partial charge in [0.25, 0.3) is 0 Å². The second kappa shape index (κ2) is 3.91. The van der Waals surface area contributed by atoms with Gasteiger partial charge >= 0.3 is 0 Å². The molecule has 58 valence electrons. The topological polar surface area (TPSA) is 12.4 Å². The minimum absolute atomic E-state index is 0.941. The molecule has 0 aromatic heterocycles. The van der Waals surface area contributed by atoms with Crippen molar-refractivity contribution in [1.82, 2.24) is 0 Å². The monoisotopic (exact) mass is 147 g/mol. The second-order valence-electron chi connectivity index (χ2n) is 2.63. The molecule has 0 aliphatic rings. The van der Waals surface area contributed by atoms with E-state index in [1.807, 2.05) is 6.21 Å². The minimum Gasteiger partial charge on any atom is -0.301 e. The van der Waals surface area contributed by atoms with Crippen LogP contribution >= 0.6 is 0 Å². The fourth-order valence-corrected chi connectivity index (χ4v) is 0.921. The lowest BCUT2D eigenvalue weighted by Gasteiger charge is -1.95. The summed E-state index contributed by atoms with van der Waals surface area (Å²) in [6, 6.07) is 8.52. The van der Waals surface area contributed by atoms with E-state index in [0.29, 0.717) is 0 Å². The van der Waals surface area contributed by atoms with Gasteiger partial charge in [-0.2, -0.15) is 0 Å². The number of nitrogens with zero attached hydrogens (tertiary/aromatic N) is 1. The van der Waals surface area contributed by atoms with Crippen LogP contribution in [0.3, 0.4) is 0 Å². The van der Waals surface area contributed by atoms with Crippen molar-refractivity contribution >= 4 is 6.21 Å². The summed E-state index contributed by atoms with van der Waals surface area (Å²) in [5.74, 6) is 0. The molecule has 0 amide bonds. The molecular weight excluding hydrogens is 134 g/mol. The second-order valence-corrected chi connectivity index (χ2v) is 2.63. The first-order valence-electron chi connectivity index (χ1n) is 3.79. The van der Waals surface area contributed by atoms with E-state index >= 15 is 0 Å². The lowest BCUT2D eigenvalue weighted by Crippen LogP contribution is -1.85. The van der Waals surface area contributed by atoms with Crippen molar-refractivity contribution in [2.75, 3.05) is 7.05 Å². The summed E-state index contributed by atoms with van der Waals surface area (Å²) < 4.78 is 0. The molecular formula is C10H13N. The summed E-state index contributed by atoms with van der Waals surface area (Å²) in [4.78, 5) is 3.93. The van der Waals surface area contributed by atoms with Gasteiger partial charge in [0.15, 0.2) is 0 Å². The predicted octanol–water partition coefficient (Wildman–Crippen LogP) is 2.24. The van der Waals surface area contributed by atoms with Gasteiger partial charge in [-0.05, 0) is 12.5 Å². The number of hydrogen-bond acceptors (Lipinski definition) is 1. The lowest BCUT2D eigenvalue weighted by molar-refractivity contribution is 1.30. The molecule has 0 N–H and O–H groups in total. The molecule has 0 fully saturated rings. The van der Waals surface area contributed by atoms with Crippen LogP contribution in [0.15, 0.2) is 29.3 Å². The normalized spacial score (nSPS) is 10.7. The molecule has 1 nitrogen and oxygen atoms in total. The number of benzene rings is 1. The highest BCUT2D eigenvalue weighted by molar-refractivity contribution is 5.61. The smallest absolute Gasteiger partial charge is 0.0273 e. The lowest BCUT2D eigenvalue weighted by atomic mass is 10.1. The van der Waals surface area contributed by atoms with Gasteiger partial charge < -0.3 is 4.99 Å². The van der Waals surface area contributed by atoms with Crippen LogP contribution in [0.5, 0.6) is 0 Å². The Kier molecular flexibility index (Phi) is 2.84. The molecule has 0 radical (unpaired) electrons. The quantitative estimate of drug-likeness (QED) is 0.569. The molecule has 0 spiro atoms. The van der Waals surface area contributed by atoms with Gasteiger partial charge in [0.1, 0.15) is 0 Å². The van der Waals surface area contributed by atoms with Gasteiger partial charge in [0.2, 0.25) is 0 Å². The van der Waals surface area contributed by atoms with Crippen LogP contribution in [0.1, 0.15) is 11.1 Å². The highest BCUT2D eigenvalue weighted by atomic mass is 14.6. The zero-order valence-corrected chi connectivity index (χ0v) is 7.04. The largest absolute Gasteiger partial charge is 0.301 e. The van der Waals surface area contributed by atoms with Crippen LogP contribution in [0.25, 0.3) is 0 Å². The van der Waals surface area contributed by atoms with Gasteiger partial charge in [-0.25, -0.2) is 0 Å². The van der Waals surface area contributed by atoms with Crippen LogP contribution in [-0.4, -0.2) is 13.3 Å². The van der Waals surface area contributed by atoms with E-state index in [0.717, 1.165) is 6.42 Å². The Morgan fingerprint density at radius 1 is 1.27 bits per heavy atom. The average molecular weight is 147 g/mol. The van der Waals surface area contributed by atoms with Crippen molar-refractivity contribution in [3.63, 3.8) is 0 Å². The van der Waals surface area contributed by atoms with Gasteiger partial charge in [0, 0.05) is 19.7 Å². The van der Waals surface area contributed by atoms with Crippen molar-refractivity contribution in [1.29, 1.82) is 0 Å². The Morgan fingerprint density at radius 2 is 1.91 bits per heavy atom. The highest BCUT2D eigenvalue weighted by Crippen LogP contribution is 2.02. The van der Waals surface area contributed by atoms with Gasteiger partial charge in [0.05, 0.1) is 0 Å². The number of aliphatic imine (C=N–C) groups is 1. The first-order chi connectivity index (χ1) is 5.33. The van der Waals surface area contributed by atoms with E-state index in [1.165, 1.54) is 11.1 Å². The van der Waals surface area contributed by atoms with Crippen molar-refractivity contribution in [3.05, 3.63) is 35.4 Å². The Bertz CT molecular complexity index is 234. The Hall–Kier alpha value is -1.11. The summed E-state index contributed by atoms with van der Waals surface area (Å²) in [5.41, 5.74) is 2.63. The van der Waals surface area contributed by atoms with E-state index in [4.69, 9.17) is 0 Å². The zero-order chi connectivity index (χ0) is 8.10. The SMILES string of the molecule is CN=CCc1ccc(C)cc1. The van der Waals surface area contributed by atoms with Crippen LogP contribution in [0, 0.1) is 6.92 Å². The van der Waals surface area contributed by atoms with Crippen LogP contribution in [-0.2, 0) is 6.42 Å². The molecule has 1 aromatic carbocycles. The van der Waals surface area contributed by atoms with Crippen LogP contribution in [0.4, 0.5) is 0 Å².